The van der Waals surface area contributed by atoms with Crippen LogP contribution in [0.2, 0.25) is 0 Å². The molecule has 9 nitrogen and oxygen atoms in total. The average molecular weight is 761 g/mol. The molecule has 3 atom stereocenters. The van der Waals surface area contributed by atoms with E-state index in [1.807, 2.05) is 0 Å². The van der Waals surface area contributed by atoms with Gasteiger partial charge in [-0.2, -0.15) is 0 Å². The average Bonchev–Trinajstić information content (AvgIpc) is 3.13. The normalized spacial score (nSPS) is 14.3. The molecule has 0 aromatic rings. The molecule has 0 saturated carbocycles. The van der Waals surface area contributed by atoms with E-state index in [0.29, 0.717) is 6.61 Å². The van der Waals surface area contributed by atoms with Crippen molar-refractivity contribution < 1.29 is 43.0 Å². The van der Waals surface area contributed by atoms with Crippen LogP contribution in [0.5, 0.6) is 0 Å². The molecule has 0 rings (SSSR count). The molecule has 0 amide bonds. The number of allylic oxidation sites excluding steroid dienone is 4. The number of phosphoric acid groups is 1. The van der Waals surface area contributed by atoms with Crippen molar-refractivity contribution in [1.82, 2.24) is 0 Å². The zero-order chi connectivity index (χ0) is 38.2. The van der Waals surface area contributed by atoms with E-state index in [1.54, 1.807) is 0 Å². The van der Waals surface area contributed by atoms with Crippen molar-refractivity contribution in [2.45, 2.75) is 206 Å². The van der Waals surface area contributed by atoms with Gasteiger partial charge in [-0.15, -0.1) is 0 Å². The molecule has 0 aliphatic rings. The van der Waals surface area contributed by atoms with Crippen LogP contribution < -0.4 is 0 Å². The van der Waals surface area contributed by atoms with Gasteiger partial charge in [0.05, 0.1) is 26.4 Å². The first-order valence-corrected chi connectivity index (χ1v) is 22.8. The Balaban J connectivity index is 4.16. The van der Waals surface area contributed by atoms with Crippen LogP contribution in [0.25, 0.3) is 0 Å². The largest absolute Gasteiger partial charge is 0.472 e. The molecule has 0 radical (unpaired) electrons. The van der Waals surface area contributed by atoms with Gasteiger partial charge < -0.3 is 24.6 Å². The third-order valence-corrected chi connectivity index (χ3v) is 10.1. The molecule has 3 unspecified atom stereocenters. The quantitative estimate of drug-likeness (QED) is 0.0241. The summed E-state index contributed by atoms with van der Waals surface area (Å²) in [6, 6.07) is 0. The summed E-state index contributed by atoms with van der Waals surface area (Å²) in [4.78, 5) is 22.6. The van der Waals surface area contributed by atoms with Gasteiger partial charge in [0, 0.05) is 13.0 Å². The second-order valence-electron chi connectivity index (χ2n) is 14.4. The molecule has 308 valence electrons. The predicted octanol–water partition coefficient (Wildman–Crippen LogP) is 11.5. The third kappa shape index (κ3) is 38.7. The molecule has 52 heavy (non-hydrogen) atoms. The Kier molecular flexibility index (Phi) is 38.8. The van der Waals surface area contributed by atoms with E-state index in [0.717, 1.165) is 57.8 Å². The first-order valence-electron chi connectivity index (χ1n) is 21.3. The summed E-state index contributed by atoms with van der Waals surface area (Å²) in [6.07, 6.45) is 39.9. The SMILES string of the molecule is CCC/C=C\C/C=C\CCCCCCCCOCC(COP(=O)(O)OCC(O)CO)OC(=O)CCCCCCCCCCCCCCCCCCC. The van der Waals surface area contributed by atoms with Crippen LogP contribution in [-0.4, -0.2) is 66.3 Å². The number of unbranched alkanes of at least 4 members (excludes halogenated alkanes) is 23. The molecule has 3 N–H and O–H groups in total. The number of aliphatic hydroxyl groups excluding tert-OH is 2. The molecular formula is C42H81O9P. The number of hydrogen-bond donors (Lipinski definition) is 3. The molecule has 0 aromatic heterocycles. The number of carbonyl (C=O) groups is 1. The lowest BCUT2D eigenvalue weighted by molar-refractivity contribution is -0.154. The van der Waals surface area contributed by atoms with Crippen molar-refractivity contribution in [2.75, 3.05) is 33.0 Å². The molecule has 10 heteroatoms. The molecule has 0 aliphatic heterocycles. The lowest BCUT2D eigenvalue weighted by atomic mass is 10.0. The summed E-state index contributed by atoms with van der Waals surface area (Å²) < 4.78 is 33.3. The van der Waals surface area contributed by atoms with Crippen molar-refractivity contribution in [3.63, 3.8) is 0 Å². The fraction of sp³-hybridized carbons (Fsp3) is 0.881. The fourth-order valence-corrected chi connectivity index (χ4v) is 6.65. The second-order valence-corrected chi connectivity index (χ2v) is 15.8. The first kappa shape index (κ1) is 50.9. The molecule has 0 saturated heterocycles. The highest BCUT2D eigenvalue weighted by Gasteiger charge is 2.26. The summed E-state index contributed by atoms with van der Waals surface area (Å²) in [5.74, 6) is -0.384. The monoisotopic (exact) mass is 761 g/mol. The van der Waals surface area contributed by atoms with E-state index in [-0.39, 0.29) is 25.6 Å². The lowest BCUT2D eigenvalue weighted by Crippen LogP contribution is -2.29. The Morgan fingerprint density at radius 1 is 0.596 bits per heavy atom. The van der Waals surface area contributed by atoms with E-state index in [1.165, 1.54) is 116 Å². The van der Waals surface area contributed by atoms with Gasteiger partial charge in [0.15, 0.2) is 0 Å². The van der Waals surface area contributed by atoms with Crippen LogP contribution in [0.4, 0.5) is 0 Å². The number of carbonyl (C=O) groups excluding carboxylic acids is 1. The lowest BCUT2D eigenvalue weighted by Gasteiger charge is -2.20. The van der Waals surface area contributed by atoms with Gasteiger partial charge in [-0.1, -0.05) is 173 Å². The fourth-order valence-electron chi connectivity index (χ4n) is 5.86. The maximum absolute atomic E-state index is 12.6. The van der Waals surface area contributed by atoms with Crippen LogP contribution in [0.1, 0.15) is 194 Å². The maximum atomic E-state index is 12.6. The predicted molar refractivity (Wildman–Crippen MR) is 214 cm³/mol. The van der Waals surface area contributed by atoms with Crippen molar-refractivity contribution in [3.8, 4) is 0 Å². The molecule has 0 heterocycles. The summed E-state index contributed by atoms with van der Waals surface area (Å²) in [5, 5.41) is 18.3. The third-order valence-electron chi connectivity index (χ3n) is 9.12. The maximum Gasteiger partial charge on any atom is 0.472 e. The van der Waals surface area contributed by atoms with Crippen molar-refractivity contribution in [3.05, 3.63) is 24.3 Å². The molecule has 0 spiro atoms. The number of hydrogen-bond acceptors (Lipinski definition) is 8. The Morgan fingerprint density at radius 3 is 1.62 bits per heavy atom. The standard InChI is InChI=1S/C42H81O9P/c1-3-5-7-9-11-13-15-17-19-20-21-22-24-26-28-30-32-34-42(45)51-41(39-50-52(46,47)49-37-40(44)36-43)38-48-35-33-31-29-27-25-23-18-16-14-12-10-8-6-4-2/h8,10,14,16,40-41,43-44H,3-7,9,11-13,15,17-39H2,1-2H3,(H,46,47)/b10-8-,16-14-. The summed E-state index contributed by atoms with van der Waals surface area (Å²) >= 11 is 0. The Labute approximate surface area is 319 Å². The molecule has 0 aromatic carbocycles. The van der Waals surface area contributed by atoms with Gasteiger partial charge in [-0.25, -0.2) is 4.57 Å². The van der Waals surface area contributed by atoms with Gasteiger partial charge in [0.25, 0.3) is 0 Å². The van der Waals surface area contributed by atoms with E-state index in [9.17, 15) is 19.4 Å². The topological polar surface area (TPSA) is 132 Å². The highest BCUT2D eigenvalue weighted by Crippen LogP contribution is 2.43. The highest BCUT2D eigenvalue weighted by molar-refractivity contribution is 7.47. The minimum atomic E-state index is -4.51. The first-order chi connectivity index (χ1) is 25.3. The summed E-state index contributed by atoms with van der Waals surface area (Å²) in [7, 11) is -4.51. The number of rotatable bonds is 41. The van der Waals surface area contributed by atoms with Crippen LogP contribution in [0.15, 0.2) is 24.3 Å². The van der Waals surface area contributed by atoms with E-state index >= 15 is 0 Å². The van der Waals surface area contributed by atoms with Gasteiger partial charge in [0.2, 0.25) is 0 Å². The second kappa shape index (κ2) is 39.6. The highest BCUT2D eigenvalue weighted by atomic mass is 31.2. The minimum Gasteiger partial charge on any atom is -0.457 e. The van der Waals surface area contributed by atoms with E-state index < -0.39 is 33.2 Å². The van der Waals surface area contributed by atoms with E-state index in [2.05, 4.69) is 38.2 Å². The zero-order valence-electron chi connectivity index (χ0n) is 33.5. The number of aliphatic hydroxyl groups is 2. The molecular weight excluding hydrogens is 679 g/mol. The van der Waals surface area contributed by atoms with Gasteiger partial charge >= 0.3 is 13.8 Å². The van der Waals surface area contributed by atoms with Crippen molar-refractivity contribution >= 4 is 13.8 Å². The zero-order valence-corrected chi connectivity index (χ0v) is 34.4. The number of ether oxygens (including phenoxy) is 2. The van der Waals surface area contributed by atoms with Crippen LogP contribution in [-0.2, 0) is 27.9 Å². The van der Waals surface area contributed by atoms with Crippen molar-refractivity contribution in [2.24, 2.45) is 0 Å². The summed E-state index contributed by atoms with van der Waals surface area (Å²) in [6.45, 7) is 3.46. The summed E-state index contributed by atoms with van der Waals surface area (Å²) in [5.41, 5.74) is 0. The van der Waals surface area contributed by atoms with Gasteiger partial charge in [-0.3, -0.25) is 13.8 Å². The molecule has 0 aliphatic carbocycles. The van der Waals surface area contributed by atoms with Gasteiger partial charge in [-0.05, 0) is 38.5 Å². The van der Waals surface area contributed by atoms with E-state index in [4.69, 9.17) is 23.6 Å². The molecule has 0 fully saturated rings. The number of esters is 1. The Morgan fingerprint density at radius 2 is 1.08 bits per heavy atom. The molecule has 0 bridgehead atoms. The Bertz CT molecular complexity index is 866. The van der Waals surface area contributed by atoms with Crippen LogP contribution in [0.3, 0.4) is 0 Å². The Hall–Kier alpha value is -1.06. The van der Waals surface area contributed by atoms with Gasteiger partial charge in [0.1, 0.15) is 12.2 Å². The smallest absolute Gasteiger partial charge is 0.457 e. The minimum absolute atomic E-state index is 0.0457. The van der Waals surface area contributed by atoms with Crippen LogP contribution >= 0.6 is 7.82 Å². The van der Waals surface area contributed by atoms with Crippen molar-refractivity contribution in [1.29, 1.82) is 0 Å². The van der Waals surface area contributed by atoms with Crippen LogP contribution in [0, 0.1) is 0 Å². The number of phosphoric ester groups is 1.